The third-order valence-corrected chi connectivity index (χ3v) is 7.89. The Morgan fingerprint density at radius 1 is 0.925 bits per heavy atom. The van der Waals surface area contributed by atoms with Gasteiger partial charge in [-0.2, -0.15) is 26.3 Å². The Morgan fingerprint density at radius 2 is 1.60 bits per heavy atom. The Kier molecular flexibility index (Phi) is 9.82. The summed E-state index contributed by atoms with van der Waals surface area (Å²) in [5.74, 6) is 0.0617. The van der Waals surface area contributed by atoms with E-state index < -0.39 is 35.1 Å². The van der Waals surface area contributed by atoms with Gasteiger partial charge in [0.05, 0.1) is 42.1 Å². The van der Waals surface area contributed by atoms with Gasteiger partial charge in [-0.1, -0.05) is 30.3 Å². The van der Waals surface area contributed by atoms with Gasteiger partial charge in [-0.05, 0) is 55.0 Å². The van der Waals surface area contributed by atoms with Gasteiger partial charge in [-0.3, -0.25) is 0 Å². The fourth-order valence-electron chi connectivity index (χ4n) is 6.01. The van der Waals surface area contributed by atoms with E-state index in [9.17, 15) is 26.3 Å². The van der Waals surface area contributed by atoms with Gasteiger partial charge in [0.2, 0.25) is 0 Å². The topological polar surface area (TPSA) is 49.0 Å². The molecule has 2 bridgehead atoms. The molecule has 2 fully saturated rings. The summed E-state index contributed by atoms with van der Waals surface area (Å²) in [5, 5.41) is 3.71. The molecular weight excluding hydrogens is 540 g/mol. The first-order chi connectivity index (χ1) is 19.0. The van der Waals surface area contributed by atoms with Gasteiger partial charge in [0.25, 0.3) is 0 Å². The maximum absolute atomic E-state index is 13.4. The lowest BCUT2D eigenvalue weighted by atomic mass is 9.79. The van der Waals surface area contributed by atoms with E-state index in [0.29, 0.717) is 39.1 Å². The van der Waals surface area contributed by atoms with E-state index in [4.69, 9.17) is 18.9 Å². The molecule has 2 aliphatic rings. The smallest absolute Gasteiger partial charge is 0.385 e. The maximum atomic E-state index is 13.4. The molecule has 0 aliphatic carbocycles. The Morgan fingerprint density at radius 3 is 2.20 bits per heavy atom. The lowest BCUT2D eigenvalue weighted by Crippen LogP contribution is -2.54. The van der Waals surface area contributed by atoms with Gasteiger partial charge in [-0.25, -0.2) is 0 Å². The molecule has 2 heterocycles. The van der Waals surface area contributed by atoms with Crippen LogP contribution in [0.2, 0.25) is 0 Å². The molecular formula is C29H35F6NO4. The van der Waals surface area contributed by atoms with Crippen LogP contribution in [-0.4, -0.2) is 52.3 Å². The summed E-state index contributed by atoms with van der Waals surface area (Å²) >= 11 is 0. The zero-order valence-corrected chi connectivity index (χ0v) is 22.5. The molecule has 5 nitrogen and oxygen atoms in total. The summed E-state index contributed by atoms with van der Waals surface area (Å²) in [6.45, 7) is 1.13. The first-order valence-corrected chi connectivity index (χ1v) is 13.3. The van der Waals surface area contributed by atoms with Crippen molar-refractivity contribution >= 4 is 0 Å². The van der Waals surface area contributed by atoms with E-state index in [1.54, 1.807) is 14.2 Å². The molecule has 0 spiro atoms. The fourth-order valence-corrected chi connectivity index (χ4v) is 6.01. The van der Waals surface area contributed by atoms with Crippen LogP contribution < -0.4 is 5.32 Å². The molecule has 222 valence electrons. The minimum absolute atomic E-state index is 0.0617. The van der Waals surface area contributed by atoms with Crippen LogP contribution in [0.1, 0.15) is 47.9 Å². The highest BCUT2D eigenvalue weighted by atomic mass is 19.4. The van der Waals surface area contributed by atoms with E-state index in [0.717, 1.165) is 24.1 Å². The first kappa shape index (κ1) is 30.8. The molecule has 40 heavy (non-hydrogen) atoms. The molecule has 11 heteroatoms. The van der Waals surface area contributed by atoms with Crippen LogP contribution in [0.5, 0.6) is 0 Å². The second kappa shape index (κ2) is 12.8. The number of nitrogens with one attached hydrogen (secondary N) is 1. The van der Waals surface area contributed by atoms with Crippen LogP contribution in [-0.2, 0) is 43.4 Å². The molecule has 0 aromatic heterocycles. The number of ether oxygens (including phenoxy) is 4. The molecule has 1 unspecified atom stereocenters. The number of fused-ring (bicyclic) bond motifs is 2. The van der Waals surface area contributed by atoms with Crippen molar-refractivity contribution in [2.75, 3.05) is 34.0 Å². The van der Waals surface area contributed by atoms with Crippen molar-refractivity contribution in [1.29, 1.82) is 0 Å². The molecule has 2 saturated heterocycles. The number of benzene rings is 2. The van der Waals surface area contributed by atoms with E-state index >= 15 is 0 Å². The van der Waals surface area contributed by atoms with Gasteiger partial charge in [0.15, 0.2) is 0 Å². The molecule has 0 radical (unpaired) electrons. The van der Waals surface area contributed by atoms with Crippen LogP contribution in [0.4, 0.5) is 26.3 Å². The third-order valence-electron chi connectivity index (χ3n) is 7.89. The Hall–Kier alpha value is -2.18. The standard InChI is InChI=1S/C29H35F6NO4/c1-37-11-6-12-39-18-25(38-2)23-16-27(20-7-4-3-5-8-20)26(10-9-24(23)36-27)40-17-19-13-21(28(30,31)32)15-22(14-19)29(33,34)35/h3-5,7-8,13-15,23-26,36H,6,9-12,16-18H2,1-2H3/t23-,24+,25?,26-,27-/m1/s1. The quantitative estimate of drug-likeness (QED) is 0.236. The van der Waals surface area contributed by atoms with Crippen molar-refractivity contribution in [3.8, 4) is 0 Å². The zero-order valence-electron chi connectivity index (χ0n) is 22.5. The lowest BCUT2D eigenvalue weighted by molar-refractivity contribution is -0.143. The molecule has 1 N–H and O–H groups in total. The fraction of sp³-hybridized carbons (Fsp3) is 0.586. The van der Waals surface area contributed by atoms with E-state index in [2.05, 4.69) is 5.32 Å². The minimum atomic E-state index is -4.92. The summed E-state index contributed by atoms with van der Waals surface area (Å²) in [6.07, 6.45) is -7.86. The highest BCUT2D eigenvalue weighted by Crippen LogP contribution is 2.49. The van der Waals surface area contributed by atoms with Crippen LogP contribution in [0.15, 0.2) is 48.5 Å². The van der Waals surface area contributed by atoms with E-state index in [-0.39, 0.29) is 36.3 Å². The third kappa shape index (κ3) is 6.99. The molecule has 0 saturated carbocycles. The van der Waals surface area contributed by atoms with Crippen molar-refractivity contribution in [2.24, 2.45) is 5.92 Å². The lowest BCUT2D eigenvalue weighted by Gasteiger charge is -2.42. The maximum Gasteiger partial charge on any atom is 0.416 e. The second-order valence-electron chi connectivity index (χ2n) is 10.4. The zero-order chi connectivity index (χ0) is 29.0. The van der Waals surface area contributed by atoms with Crippen LogP contribution in [0.3, 0.4) is 0 Å². The van der Waals surface area contributed by atoms with Crippen molar-refractivity contribution in [1.82, 2.24) is 5.32 Å². The number of hydrogen-bond donors (Lipinski definition) is 1. The van der Waals surface area contributed by atoms with Crippen molar-refractivity contribution in [3.63, 3.8) is 0 Å². The number of halogens is 6. The van der Waals surface area contributed by atoms with Crippen LogP contribution in [0.25, 0.3) is 0 Å². The number of methoxy groups -OCH3 is 2. The number of alkyl halides is 6. The molecule has 2 aromatic rings. The SMILES string of the molecule is COCCCOCC(OC)[C@@H]1C[C@]2(c3ccccc3)N[C@H]1CC[C@H]2OCc1cc(C(F)(F)F)cc(C(F)(F)F)c1. The molecule has 2 aromatic carbocycles. The van der Waals surface area contributed by atoms with Crippen LogP contribution >= 0.6 is 0 Å². The van der Waals surface area contributed by atoms with Crippen molar-refractivity contribution in [3.05, 3.63) is 70.8 Å². The van der Waals surface area contributed by atoms with Crippen LogP contribution in [0, 0.1) is 5.92 Å². The monoisotopic (exact) mass is 575 g/mol. The summed E-state index contributed by atoms with van der Waals surface area (Å²) in [4.78, 5) is 0. The Bertz CT molecular complexity index is 1060. The largest absolute Gasteiger partial charge is 0.416 e. The predicted molar refractivity (Wildman–Crippen MR) is 136 cm³/mol. The molecule has 0 amide bonds. The van der Waals surface area contributed by atoms with E-state index in [1.807, 2.05) is 30.3 Å². The van der Waals surface area contributed by atoms with Crippen molar-refractivity contribution < 1.29 is 45.3 Å². The summed E-state index contributed by atoms with van der Waals surface area (Å²) in [6, 6.07) is 11.3. The molecule has 5 atom stereocenters. The molecule has 2 aliphatic heterocycles. The highest BCUT2D eigenvalue weighted by molar-refractivity contribution is 5.34. The van der Waals surface area contributed by atoms with E-state index in [1.165, 1.54) is 0 Å². The highest BCUT2D eigenvalue weighted by Gasteiger charge is 2.56. The average molecular weight is 576 g/mol. The number of hydrogen-bond acceptors (Lipinski definition) is 5. The Balaban J connectivity index is 1.56. The second-order valence-corrected chi connectivity index (χ2v) is 10.4. The normalized spacial score (nSPS) is 25.8. The summed E-state index contributed by atoms with van der Waals surface area (Å²) in [5.41, 5.74) is -2.62. The number of rotatable bonds is 12. The minimum Gasteiger partial charge on any atom is -0.385 e. The number of piperidine rings is 1. The average Bonchev–Trinajstić information content (AvgIpc) is 3.23. The van der Waals surface area contributed by atoms with Gasteiger partial charge < -0.3 is 24.3 Å². The van der Waals surface area contributed by atoms with Gasteiger partial charge in [0, 0.05) is 39.4 Å². The van der Waals surface area contributed by atoms with Gasteiger partial charge in [-0.15, -0.1) is 0 Å². The summed E-state index contributed by atoms with van der Waals surface area (Å²) < 4.78 is 103. The van der Waals surface area contributed by atoms with Gasteiger partial charge in [0.1, 0.15) is 0 Å². The van der Waals surface area contributed by atoms with Gasteiger partial charge >= 0.3 is 12.4 Å². The van der Waals surface area contributed by atoms with Crippen molar-refractivity contribution in [2.45, 2.75) is 68.4 Å². The summed E-state index contributed by atoms with van der Waals surface area (Å²) in [7, 11) is 3.27. The Labute approximate surface area is 230 Å². The predicted octanol–water partition coefficient (Wildman–Crippen LogP) is 6.34. The first-order valence-electron chi connectivity index (χ1n) is 13.3. The molecule has 4 rings (SSSR count).